The lowest BCUT2D eigenvalue weighted by molar-refractivity contribution is -0.142. The molecule has 1 aromatic heterocycles. The largest absolute Gasteiger partial charge is 0.480 e. The molecule has 10 N–H and O–H groups in total. The Morgan fingerprint density at radius 3 is 2.21 bits per heavy atom. The molecule has 0 aliphatic heterocycles. The molecule has 0 radical (unpaired) electrons. The Balaban J connectivity index is 2.91. The van der Waals surface area contributed by atoms with Crippen molar-refractivity contribution in [3.05, 3.63) is 18.2 Å². The number of nitrogens with one attached hydrogen (secondary N) is 4. The number of carboxylic acids is 1. The molecule has 1 rings (SSSR count). The van der Waals surface area contributed by atoms with Crippen molar-refractivity contribution in [2.24, 2.45) is 11.5 Å². The summed E-state index contributed by atoms with van der Waals surface area (Å²) in [4.78, 5) is 66.5. The molecule has 15 heteroatoms. The molecule has 0 aliphatic carbocycles. The first kappa shape index (κ1) is 27.9. The lowest BCUT2D eigenvalue weighted by Gasteiger charge is -2.24. The normalized spacial score (nSPS) is 14.4. The van der Waals surface area contributed by atoms with Crippen LogP contribution in [0.5, 0.6) is 0 Å². The zero-order valence-corrected chi connectivity index (χ0v) is 18.8. The number of carboxylic acid groups (broad SMARTS) is 1. The molecule has 1 heterocycles. The maximum absolute atomic E-state index is 12.8. The number of hydrogen-bond acceptors (Lipinski definition) is 9. The topological polar surface area (TPSA) is 243 Å². The highest BCUT2D eigenvalue weighted by molar-refractivity contribution is 7.98. The number of carbonyl (C=O) groups is 5. The van der Waals surface area contributed by atoms with Gasteiger partial charge in [0.15, 0.2) is 0 Å². The second-order valence-electron chi connectivity index (χ2n) is 7.04. The summed E-state index contributed by atoms with van der Waals surface area (Å²) in [6, 6.07) is -5.24. The molecule has 0 aliphatic rings. The first-order valence-corrected chi connectivity index (χ1v) is 11.2. The van der Waals surface area contributed by atoms with E-state index in [1.807, 2.05) is 0 Å². The summed E-state index contributed by atoms with van der Waals surface area (Å²) in [6.07, 6.45) is 4.17. The Hall–Kier alpha value is -3.17. The second kappa shape index (κ2) is 14.1. The number of nitrogens with two attached hydrogens (primary N) is 2. The van der Waals surface area contributed by atoms with Crippen molar-refractivity contribution in [3.8, 4) is 0 Å². The molecule has 4 amide bonds. The summed E-state index contributed by atoms with van der Waals surface area (Å²) in [6.45, 7) is -0.821. The minimum Gasteiger partial charge on any atom is -0.480 e. The Morgan fingerprint density at radius 2 is 1.70 bits per heavy atom. The number of imidazole rings is 1. The van der Waals surface area contributed by atoms with Crippen LogP contribution in [0.15, 0.2) is 12.5 Å². The Labute approximate surface area is 193 Å². The number of nitrogens with zero attached hydrogens (tertiary/aromatic N) is 1. The molecule has 0 fully saturated rings. The van der Waals surface area contributed by atoms with Crippen LogP contribution in [0.2, 0.25) is 0 Å². The van der Waals surface area contributed by atoms with Gasteiger partial charge in [-0.05, 0) is 18.4 Å². The summed E-state index contributed by atoms with van der Waals surface area (Å²) < 4.78 is 0. The molecule has 0 bridgehead atoms. The number of amides is 4. The molecule has 0 saturated heterocycles. The monoisotopic (exact) mass is 487 g/mol. The highest BCUT2D eigenvalue weighted by atomic mass is 32.2. The molecule has 33 heavy (non-hydrogen) atoms. The van der Waals surface area contributed by atoms with Gasteiger partial charge in [0.05, 0.1) is 25.4 Å². The predicted molar refractivity (Wildman–Crippen MR) is 118 cm³/mol. The predicted octanol–water partition coefficient (Wildman–Crippen LogP) is -3.56. The molecule has 1 aromatic rings. The zero-order valence-electron chi connectivity index (χ0n) is 17.9. The van der Waals surface area contributed by atoms with Gasteiger partial charge in [0.25, 0.3) is 0 Å². The molecule has 0 saturated carbocycles. The van der Waals surface area contributed by atoms with Gasteiger partial charge in [0.2, 0.25) is 23.6 Å². The summed E-state index contributed by atoms with van der Waals surface area (Å²) in [7, 11) is 0. The van der Waals surface area contributed by atoms with E-state index in [4.69, 9.17) is 11.5 Å². The fourth-order valence-corrected chi connectivity index (χ4v) is 3.12. The van der Waals surface area contributed by atoms with E-state index < -0.39 is 66.8 Å². The van der Waals surface area contributed by atoms with E-state index in [0.717, 1.165) is 0 Å². The summed E-state index contributed by atoms with van der Waals surface area (Å²) in [5.41, 5.74) is 11.1. The first-order chi connectivity index (χ1) is 15.6. The molecule has 184 valence electrons. The van der Waals surface area contributed by atoms with Crippen LogP contribution in [-0.4, -0.2) is 92.6 Å². The quantitative estimate of drug-likeness (QED) is 0.121. The maximum atomic E-state index is 12.8. The van der Waals surface area contributed by atoms with Gasteiger partial charge in [-0.2, -0.15) is 11.8 Å². The minimum atomic E-state index is -1.48. The SMILES string of the molecule is CSCCC(NC(=O)C(CO)NC(=O)C(Cc1cnc[nH]1)NC(=O)C(N)CC(N)=O)C(=O)O. The second-order valence-corrected chi connectivity index (χ2v) is 8.03. The van der Waals surface area contributed by atoms with Crippen molar-refractivity contribution < 1.29 is 34.2 Å². The Kier molecular flexibility index (Phi) is 11.9. The molecule has 4 unspecified atom stereocenters. The number of aliphatic carboxylic acids is 1. The fraction of sp³-hybridized carbons (Fsp3) is 0.556. The van der Waals surface area contributed by atoms with E-state index in [1.54, 1.807) is 6.26 Å². The van der Waals surface area contributed by atoms with Crippen molar-refractivity contribution in [2.75, 3.05) is 18.6 Å². The molecule has 4 atom stereocenters. The number of aliphatic hydroxyl groups is 1. The summed E-state index contributed by atoms with van der Waals surface area (Å²) >= 11 is 1.40. The lowest BCUT2D eigenvalue weighted by Crippen LogP contribution is -2.58. The molecule has 14 nitrogen and oxygen atoms in total. The van der Waals surface area contributed by atoms with Gasteiger partial charge in [0, 0.05) is 18.3 Å². The van der Waals surface area contributed by atoms with Gasteiger partial charge in [-0.25, -0.2) is 9.78 Å². The van der Waals surface area contributed by atoms with E-state index in [2.05, 4.69) is 25.9 Å². The van der Waals surface area contributed by atoms with Crippen molar-refractivity contribution in [3.63, 3.8) is 0 Å². The van der Waals surface area contributed by atoms with Crippen LogP contribution in [0.4, 0.5) is 0 Å². The number of hydrogen-bond donors (Lipinski definition) is 8. The first-order valence-electron chi connectivity index (χ1n) is 9.83. The van der Waals surface area contributed by atoms with Crippen molar-refractivity contribution >= 4 is 41.4 Å². The standard InChI is InChI=1S/C18H29N7O7S/c1-33-3-2-11(18(31)32)23-17(30)13(7-26)25-16(29)12(4-9-6-21-8-22-9)24-15(28)10(19)5-14(20)27/h6,8,10-13,26H,2-5,7,19H2,1H3,(H2,20,27)(H,21,22)(H,23,30)(H,24,28)(H,25,29)(H,31,32). The number of aliphatic hydroxyl groups excluding tert-OH is 1. The Morgan fingerprint density at radius 1 is 1.09 bits per heavy atom. The van der Waals surface area contributed by atoms with Gasteiger partial charge in [-0.1, -0.05) is 0 Å². The van der Waals surface area contributed by atoms with E-state index in [9.17, 15) is 34.2 Å². The van der Waals surface area contributed by atoms with Crippen molar-refractivity contribution in [2.45, 2.75) is 43.4 Å². The van der Waals surface area contributed by atoms with Crippen molar-refractivity contribution in [1.82, 2.24) is 25.9 Å². The van der Waals surface area contributed by atoms with Gasteiger partial charge >= 0.3 is 5.97 Å². The number of thioether (sulfide) groups is 1. The fourth-order valence-electron chi connectivity index (χ4n) is 2.65. The maximum Gasteiger partial charge on any atom is 0.326 e. The zero-order chi connectivity index (χ0) is 25.0. The summed E-state index contributed by atoms with van der Waals surface area (Å²) in [5.74, 6) is -4.18. The summed E-state index contributed by atoms with van der Waals surface area (Å²) in [5, 5.41) is 25.8. The van der Waals surface area contributed by atoms with E-state index in [1.165, 1.54) is 24.3 Å². The average Bonchev–Trinajstić information content (AvgIpc) is 3.26. The van der Waals surface area contributed by atoms with Crippen LogP contribution in [0.3, 0.4) is 0 Å². The third kappa shape index (κ3) is 9.88. The number of H-pyrrole nitrogens is 1. The van der Waals surface area contributed by atoms with E-state index in [-0.39, 0.29) is 12.8 Å². The Bertz CT molecular complexity index is 821. The van der Waals surface area contributed by atoms with E-state index >= 15 is 0 Å². The number of primary amides is 1. The van der Waals surface area contributed by atoms with E-state index in [0.29, 0.717) is 11.4 Å². The van der Waals surface area contributed by atoms with Gasteiger partial charge in [-0.15, -0.1) is 0 Å². The highest BCUT2D eigenvalue weighted by Gasteiger charge is 2.30. The van der Waals surface area contributed by atoms with Crippen LogP contribution < -0.4 is 27.4 Å². The van der Waals surface area contributed by atoms with Crippen LogP contribution in [0.25, 0.3) is 0 Å². The molecular formula is C18H29N7O7S. The number of aromatic nitrogens is 2. The third-order valence-electron chi connectivity index (χ3n) is 4.41. The lowest BCUT2D eigenvalue weighted by atomic mass is 10.1. The number of rotatable bonds is 15. The van der Waals surface area contributed by atoms with Crippen LogP contribution in [0.1, 0.15) is 18.5 Å². The smallest absolute Gasteiger partial charge is 0.326 e. The van der Waals surface area contributed by atoms with Crippen LogP contribution >= 0.6 is 11.8 Å². The average molecular weight is 488 g/mol. The van der Waals surface area contributed by atoms with Crippen molar-refractivity contribution in [1.29, 1.82) is 0 Å². The number of aromatic amines is 1. The van der Waals surface area contributed by atoms with Crippen LogP contribution in [-0.2, 0) is 30.4 Å². The van der Waals surface area contributed by atoms with Gasteiger partial charge in [-0.3, -0.25) is 19.2 Å². The molecule has 0 aromatic carbocycles. The van der Waals surface area contributed by atoms with Gasteiger partial charge in [0.1, 0.15) is 18.1 Å². The molecular weight excluding hydrogens is 458 g/mol. The highest BCUT2D eigenvalue weighted by Crippen LogP contribution is 2.04. The number of carbonyl (C=O) groups excluding carboxylic acids is 4. The third-order valence-corrected chi connectivity index (χ3v) is 5.05. The minimum absolute atomic E-state index is 0.0773. The molecule has 0 spiro atoms. The van der Waals surface area contributed by atoms with Crippen LogP contribution in [0, 0.1) is 0 Å². The van der Waals surface area contributed by atoms with Gasteiger partial charge < -0.3 is 42.6 Å².